The predicted octanol–water partition coefficient (Wildman–Crippen LogP) is 1.39. The predicted molar refractivity (Wildman–Crippen MR) is 42.2 cm³/mol. The largest absolute Gasteiger partial charge is 0.367 e. The summed E-state index contributed by atoms with van der Waals surface area (Å²) in [6, 6.07) is 0. The number of nitrogens with zero attached hydrogens (tertiary/aromatic N) is 1. The van der Waals surface area contributed by atoms with E-state index in [1.54, 1.807) is 0 Å². The zero-order valence-corrected chi connectivity index (χ0v) is 6.29. The van der Waals surface area contributed by atoms with Crippen molar-refractivity contribution in [2.24, 2.45) is 0 Å². The molecule has 1 nitrogen and oxygen atoms in total. The van der Waals surface area contributed by atoms with Crippen LogP contribution in [0, 0.1) is 0 Å². The molecule has 46 valence electrons. The van der Waals surface area contributed by atoms with Crippen LogP contribution in [-0.2, 0) is 0 Å². The number of thiol groups is 1. The van der Waals surface area contributed by atoms with E-state index in [1.807, 2.05) is 11.8 Å². The van der Waals surface area contributed by atoms with Gasteiger partial charge in [-0.25, -0.2) is 0 Å². The molecule has 1 heterocycles. The van der Waals surface area contributed by atoms with Crippen molar-refractivity contribution in [2.45, 2.75) is 0 Å². The van der Waals surface area contributed by atoms with Gasteiger partial charge < -0.3 is 4.90 Å². The lowest BCUT2D eigenvalue weighted by molar-refractivity contribution is 0.478. The fourth-order valence-electron chi connectivity index (χ4n) is 0.578. The second-order valence-corrected chi connectivity index (χ2v) is 2.93. The smallest absolute Gasteiger partial charge is 0.0675 e. The molecule has 0 N–H and O–H groups in total. The van der Waals surface area contributed by atoms with Gasteiger partial charge in [0.25, 0.3) is 0 Å². The Hall–Kier alpha value is 0.240. The van der Waals surface area contributed by atoms with Crippen molar-refractivity contribution in [3.8, 4) is 0 Å². The summed E-state index contributed by atoms with van der Waals surface area (Å²) >= 11 is 5.94. The van der Waals surface area contributed by atoms with Gasteiger partial charge in [-0.05, 0) is 5.41 Å². The van der Waals surface area contributed by atoms with Gasteiger partial charge in [0.05, 0.1) is 5.88 Å². The van der Waals surface area contributed by atoms with Gasteiger partial charge in [-0.2, -0.15) is 12.6 Å². The van der Waals surface area contributed by atoms with E-state index in [-0.39, 0.29) is 0 Å². The van der Waals surface area contributed by atoms with Crippen LogP contribution in [0.3, 0.4) is 0 Å². The first-order valence-corrected chi connectivity index (χ1v) is 4.25. The Morgan fingerprint density at radius 3 is 3.12 bits per heavy atom. The van der Waals surface area contributed by atoms with Crippen LogP contribution >= 0.6 is 24.4 Å². The minimum Gasteiger partial charge on any atom is -0.367 e. The second-order valence-electron chi connectivity index (χ2n) is 1.62. The fourth-order valence-corrected chi connectivity index (χ4v) is 1.59. The minimum atomic E-state index is 0.949. The first-order chi connectivity index (χ1) is 3.93. The van der Waals surface area contributed by atoms with E-state index < -0.39 is 0 Å². The maximum absolute atomic E-state index is 4.11. The second kappa shape index (κ2) is 3.30. The molecule has 0 aliphatic carbocycles. The number of rotatable bonds is 2. The highest BCUT2D eigenvalue weighted by Gasteiger charge is 2.00. The summed E-state index contributed by atoms with van der Waals surface area (Å²) in [6.45, 7) is 1.08. The Balaban J connectivity index is 2.16. The van der Waals surface area contributed by atoms with Gasteiger partial charge in [0.1, 0.15) is 0 Å². The number of thioether (sulfide) groups is 1. The molecule has 1 aliphatic rings. The molecular formula is C5H9NS2. The van der Waals surface area contributed by atoms with E-state index in [0.717, 1.165) is 18.2 Å². The van der Waals surface area contributed by atoms with E-state index in [2.05, 4.69) is 29.1 Å². The van der Waals surface area contributed by atoms with Crippen LogP contribution in [0.2, 0.25) is 0 Å². The van der Waals surface area contributed by atoms with E-state index in [9.17, 15) is 0 Å². The SMILES string of the molecule is SCCN1C=CSC1. The molecule has 0 bridgehead atoms. The summed E-state index contributed by atoms with van der Waals surface area (Å²) in [6.07, 6.45) is 2.11. The van der Waals surface area contributed by atoms with Crippen molar-refractivity contribution in [2.75, 3.05) is 18.2 Å². The van der Waals surface area contributed by atoms with Crippen molar-refractivity contribution in [1.29, 1.82) is 0 Å². The van der Waals surface area contributed by atoms with Gasteiger partial charge >= 0.3 is 0 Å². The molecule has 0 radical (unpaired) electrons. The van der Waals surface area contributed by atoms with Crippen LogP contribution in [0.5, 0.6) is 0 Å². The van der Waals surface area contributed by atoms with E-state index in [1.165, 1.54) is 0 Å². The average Bonchev–Trinajstić information content (AvgIpc) is 2.19. The molecular weight excluding hydrogens is 138 g/mol. The highest BCUT2D eigenvalue weighted by molar-refractivity contribution is 8.02. The van der Waals surface area contributed by atoms with E-state index in [4.69, 9.17) is 0 Å². The van der Waals surface area contributed by atoms with Crippen molar-refractivity contribution in [3.05, 3.63) is 11.6 Å². The van der Waals surface area contributed by atoms with Crippen LogP contribution in [0.4, 0.5) is 0 Å². The van der Waals surface area contributed by atoms with Crippen LogP contribution in [-0.4, -0.2) is 23.1 Å². The van der Waals surface area contributed by atoms with Crippen molar-refractivity contribution >= 4 is 24.4 Å². The monoisotopic (exact) mass is 147 g/mol. The van der Waals surface area contributed by atoms with Gasteiger partial charge in [-0.15, -0.1) is 11.8 Å². The summed E-state index contributed by atoms with van der Waals surface area (Å²) in [5, 5.41) is 2.11. The van der Waals surface area contributed by atoms with Gasteiger partial charge in [-0.3, -0.25) is 0 Å². The van der Waals surface area contributed by atoms with Gasteiger partial charge in [0.15, 0.2) is 0 Å². The standard InChI is InChI=1S/C5H9NS2/c7-3-1-6-2-4-8-5-6/h2,4,7H,1,3,5H2. The molecule has 0 amide bonds. The molecule has 0 saturated heterocycles. The third-order valence-corrected chi connectivity index (χ3v) is 1.99. The average molecular weight is 147 g/mol. The highest BCUT2D eigenvalue weighted by Crippen LogP contribution is 2.13. The Morgan fingerprint density at radius 1 is 1.75 bits per heavy atom. The number of hydrogen-bond donors (Lipinski definition) is 1. The first kappa shape index (κ1) is 6.36. The topological polar surface area (TPSA) is 3.24 Å². The van der Waals surface area contributed by atoms with Crippen LogP contribution in [0.1, 0.15) is 0 Å². The third-order valence-electron chi connectivity index (χ3n) is 0.995. The quantitative estimate of drug-likeness (QED) is 0.588. The molecule has 0 spiro atoms. The summed E-state index contributed by atoms with van der Waals surface area (Å²) in [4.78, 5) is 2.25. The Morgan fingerprint density at radius 2 is 2.62 bits per heavy atom. The van der Waals surface area contributed by atoms with Crippen molar-refractivity contribution in [3.63, 3.8) is 0 Å². The Bertz CT molecular complexity index is 92.4. The van der Waals surface area contributed by atoms with Crippen LogP contribution < -0.4 is 0 Å². The molecule has 0 saturated carbocycles. The molecule has 0 aromatic rings. The zero-order chi connectivity index (χ0) is 5.82. The molecule has 3 heteroatoms. The van der Waals surface area contributed by atoms with E-state index in [0.29, 0.717) is 0 Å². The Kier molecular flexibility index (Phi) is 2.63. The van der Waals surface area contributed by atoms with Crippen LogP contribution in [0.15, 0.2) is 11.6 Å². The van der Waals surface area contributed by atoms with Gasteiger partial charge in [0.2, 0.25) is 0 Å². The lowest BCUT2D eigenvalue weighted by Crippen LogP contribution is -2.15. The highest BCUT2D eigenvalue weighted by atomic mass is 32.2. The third kappa shape index (κ3) is 1.63. The maximum Gasteiger partial charge on any atom is 0.0675 e. The molecule has 0 atom stereocenters. The lowest BCUT2D eigenvalue weighted by Gasteiger charge is -2.10. The molecule has 0 fully saturated rings. The minimum absolute atomic E-state index is 0.949. The molecule has 0 aromatic carbocycles. The molecule has 8 heavy (non-hydrogen) atoms. The zero-order valence-electron chi connectivity index (χ0n) is 4.58. The molecule has 0 unspecified atom stereocenters. The summed E-state index contributed by atoms with van der Waals surface area (Å²) in [7, 11) is 0. The first-order valence-electron chi connectivity index (χ1n) is 2.56. The van der Waals surface area contributed by atoms with Crippen molar-refractivity contribution < 1.29 is 0 Å². The fraction of sp³-hybridized carbons (Fsp3) is 0.600. The summed E-state index contributed by atoms with van der Waals surface area (Å²) < 4.78 is 0. The maximum atomic E-state index is 4.11. The lowest BCUT2D eigenvalue weighted by atomic mass is 10.6. The van der Waals surface area contributed by atoms with Gasteiger partial charge in [0, 0.05) is 18.5 Å². The van der Waals surface area contributed by atoms with Crippen molar-refractivity contribution in [1.82, 2.24) is 4.90 Å². The summed E-state index contributed by atoms with van der Waals surface area (Å²) in [5.74, 6) is 2.06. The number of hydrogen-bond acceptors (Lipinski definition) is 3. The van der Waals surface area contributed by atoms with Crippen LogP contribution in [0.25, 0.3) is 0 Å². The van der Waals surface area contributed by atoms with E-state index >= 15 is 0 Å². The summed E-state index contributed by atoms with van der Waals surface area (Å²) in [5.41, 5.74) is 0. The molecule has 1 rings (SSSR count). The normalized spacial score (nSPS) is 17.9. The van der Waals surface area contributed by atoms with Gasteiger partial charge in [-0.1, -0.05) is 0 Å². The molecule has 0 aromatic heterocycles. The Labute approximate surface area is 59.5 Å². The molecule has 1 aliphatic heterocycles.